The molecular formula is C13H19N3O4. The number of rotatable bonds is 4. The van der Waals surface area contributed by atoms with E-state index in [-0.39, 0.29) is 12.5 Å². The van der Waals surface area contributed by atoms with Crippen molar-refractivity contribution in [3.05, 3.63) is 27.4 Å². The molecule has 0 radical (unpaired) electrons. The molecule has 7 nitrogen and oxygen atoms in total. The summed E-state index contributed by atoms with van der Waals surface area (Å²) in [5.74, 6) is -2.04. The van der Waals surface area contributed by atoms with E-state index in [1.54, 1.807) is 27.9 Å². The number of hydrogen-bond donors (Lipinski definition) is 1. The molecule has 1 N–H and O–H groups in total. The molecule has 0 saturated heterocycles. The van der Waals surface area contributed by atoms with Gasteiger partial charge in [0.25, 0.3) is 0 Å². The van der Waals surface area contributed by atoms with Gasteiger partial charge in [0, 0.05) is 31.0 Å². The maximum absolute atomic E-state index is 11.9. The molecule has 0 spiro atoms. The molecule has 0 fully saturated rings. The van der Waals surface area contributed by atoms with E-state index in [1.165, 1.54) is 16.4 Å². The predicted octanol–water partition coefficient (Wildman–Crippen LogP) is 0.136. The first-order valence-electron chi connectivity index (χ1n) is 6.17. The van der Waals surface area contributed by atoms with Crippen molar-refractivity contribution in [1.82, 2.24) is 14.5 Å². The lowest BCUT2D eigenvalue weighted by Gasteiger charge is -2.19. The van der Waals surface area contributed by atoms with Gasteiger partial charge in [-0.25, -0.2) is 4.79 Å². The number of amides is 1. The smallest absolute Gasteiger partial charge is 0.348 e. The van der Waals surface area contributed by atoms with Crippen LogP contribution in [0.25, 0.3) is 0 Å². The van der Waals surface area contributed by atoms with Crippen molar-refractivity contribution in [3.63, 3.8) is 0 Å². The number of carboxylic acids is 1. The maximum Gasteiger partial charge on any atom is 0.348 e. The number of carbonyl (C=O) groups excluding carboxylic acids is 1. The van der Waals surface area contributed by atoms with Gasteiger partial charge in [-0.1, -0.05) is 0 Å². The van der Waals surface area contributed by atoms with Crippen LogP contribution in [-0.4, -0.2) is 45.5 Å². The summed E-state index contributed by atoms with van der Waals surface area (Å²) in [7, 11) is 3.18. The molecule has 20 heavy (non-hydrogen) atoms. The SMILES string of the molecule is Cc1nc(=O)n(CC(=O)N(C)C)c(C)c1C(C)C(=O)O. The predicted molar refractivity (Wildman–Crippen MR) is 72.7 cm³/mol. The molecule has 1 amide bonds. The van der Waals surface area contributed by atoms with Crippen molar-refractivity contribution in [2.75, 3.05) is 14.1 Å². The van der Waals surface area contributed by atoms with Crippen LogP contribution in [-0.2, 0) is 16.1 Å². The first-order chi connectivity index (χ1) is 9.16. The Hall–Kier alpha value is -2.18. The molecule has 1 rings (SSSR count). The Bertz CT molecular complexity index is 604. The fraction of sp³-hybridized carbons (Fsp3) is 0.538. The average Bonchev–Trinajstić information content (AvgIpc) is 2.33. The van der Waals surface area contributed by atoms with Crippen LogP contribution >= 0.6 is 0 Å². The van der Waals surface area contributed by atoms with Gasteiger partial charge in [-0.2, -0.15) is 4.98 Å². The van der Waals surface area contributed by atoms with Gasteiger partial charge in [0.15, 0.2) is 0 Å². The van der Waals surface area contributed by atoms with Crippen molar-refractivity contribution in [2.24, 2.45) is 0 Å². The molecular weight excluding hydrogens is 262 g/mol. The first kappa shape index (κ1) is 15.9. The number of carboxylic acid groups (broad SMARTS) is 1. The third-order valence-electron chi connectivity index (χ3n) is 3.27. The summed E-state index contributed by atoms with van der Waals surface area (Å²) < 4.78 is 1.21. The van der Waals surface area contributed by atoms with Crippen LogP contribution in [0, 0.1) is 13.8 Å². The third kappa shape index (κ3) is 3.04. The molecule has 0 bridgehead atoms. The summed E-state index contributed by atoms with van der Waals surface area (Å²) in [6, 6.07) is 0. The zero-order valence-corrected chi connectivity index (χ0v) is 12.3. The van der Waals surface area contributed by atoms with Crippen molar-refractivity contribution in [1.29, 1.82) is 0 Å². The second-order valence-corrected chi connectivity index (χ2v) is 4.91. The van der Waals surface area contributed by atoms with Crippen molar-refractivity contribution >= 4 is 11.9 Å². The van der Waals surface area contributed by atoms with E-state index in [2.05, 4.69) is 4.98 Å². The maximum atomic E-state index is 11.9. The molecule has 1 heterocycles. The Morgan fingerprint density at radius 1 is 1.35 bits per heavy atom. The van der Waals surface area contributed by atoms with Crippen molar-refractivity contribution in [3.8, 4) is 0 Å². The number of nitrogens with zero attached hydrogens (tertiary/aromatic N) is 3. The molecule has 0 aliphatic carbocycles. The summed E-state index contributed by atoms with van der Waals surface area (Å²) in [6.45, 7) is 4.61. The van der Waals surface area contributed by atoms with E-state index in [0.717, 1.165) is 0 Å². The van der Waals surface area contributed by atoms with E-state index in [0.29, 0.717) is 17.0 Å². The van der Waals surface area contributed by atoms with E-state index >= 15 is 0 Å². The summed E-state index contributed by atoms with van der Waals surface area (Å²) in [6.07, 6.45) is 0. The van der Waals surface area contributed by atoms with E-state index in [9.17, 15) is 14.4 Å². The third-order valence-corrected chi connectivity index (χ3v) is 3.27. The summed E-state index contributed by atoms with van der Waals surface area (Å²) >= 11 is 0. The molecule has 1 aromatic heterocycles. The quantitative estimate of drug-likeness (QED) is 0.847. The average molecular weight is 281 g/mol. The zero-order valence-electron chi connectivity index (χ0n) is 12.3. The molecule has 1 unspecified atom stereocenters. The summed E-state index contributed by atoms with van der Waals surface area (Å²) in [5.41, 5.74) is 0.781. The van der Waals surface area contributed by atoms with Crippen LogP contribution in [0.4, 0.5) is 0 Å². The molecule has 1 atom stereocenters. The summed E-state index contributed by atoms with van der Waals surface area (Å²) in [4.78, 5) is 40.0. The van der Waals surface area contributed by atoms with Crippen LogP contribution in [0.1, 0.15) is 29.8 Å². The van der Waals surface area contributed by atoms with Crippen molar-refractivity contribution < 1.29 is 14.7 Å². The molecule has 0 saturated carbocycles. The zero-order chi connectivity index (χ0) is 15.6. The minimum Gasteiger partial charge on any atom is -0.481 e. The second kappa shape index (κ2) is 5.85. The number of aromatic nitrogens is 2. The topological polar surface area (TPSA) is 92.5 Å². The molecule has 7 heteroatoms. The molecule has 0 aromatic carbocycles. The van der Waals surface area contributed by atoms with Crippen LogP contribution in [0.2, 0.25) is 0 Å². The van der Waals surface area contributed by atoms with E-state index in [1.807, 2.05) is 0 Å². The van der Waals surface area contributed by atoms with Gasteiger partial charge in [-0.05, 0) is 20.8 Å². The Morgan fingerprint density at radius 3 is 2.35 bits per heavy atom. The van der Waals surface area contributed by atoms with Gasteiger partial charge in [-0.15, -0.1) is 0 Å². The Labute approximate surface area is 116 Å². The van der Waals surface area contributed by atoms with Gasteiger partial charge < -0.3 is 10.0 Å². The van der Waals surface area contributed by atoms with Gasteiger partial charge in [-0.3, -0.25) is 14.2 Å². The minimum absolute atomic E-state index is 0.149. The standard InChI is InChI=1S/C13H19N3O4/c1-7(12(18)19)11-8(2)14-13(20)16(9(11)3)6-10(17)15(4)5/h7H,6H2,1-5H3,(H,18,19). The number of likely N-dealkylation sites (N-methyl/N-ethyl adjacent to an activating group) is 1. The largest absolute Gasteiger partial charge is 0.481 e. The van der Waals surface area contributed by atoms with Crippen molar-refractivity contribution in [2.45, 2.75) is 33.2 Å². The van der Waals surface area contributed by atoms with Crippen LogP contribution in [0.15, 0.2) is 4.79 Å². The fourth-order valence-electron chi connectivity index (χ4n) is 2.03. The van der Waals surface area contributed by atoms with Gasteiger partial charge in [0.05, 0.1) is 5.92 Å². The highest BCUT2D eigenvalue weighted by Crippen LogP contribution is 2.21. The number of aryl methyl sites for hydroxylation is 1. The second-order valence-electron chi connectivity index (χ2n) is 4.91. The number of hydrogen-bond acceptors (Lipinski definition) is 4. The highest BCUT2D eigenvalue weighted by molar-refractivity contribution is 5.77. The lowest BCUT2D eigenvalue weighted by molar-refractivity contribution is -0.138. The number of carbonyl (C=O) groups is 2. The highest BCUT2D eigenvalue weighted by atomic mass is 16.4. The Morgan fingerprint density at radius 2 is 1.90 bits per heavy atom. The molecule has 1 aromatic rings. The monoisotopic (exact) mass is 281 g/mol. The molecule has 0 aliphatic heterocycles. The summed E-state index contributed by atoms with van der Waals surface area (Å²) in [5, 5.41) is 9.12. The lowest BCUT2D eigenvalue weighted by Crippen LogP contribution is -2.35. The molecule has 110 valence electrons. The fourth-order valence-corrected chi connectivity index (χ4v) is 2.03. The highest BCUT2D eigenvalue weighted by Gasteiger charge is 2.23. The Balaban J connectivity index is 3.40. The van der Waals surface area contributed by atoms with E-state index < -0.39 is 17.6 Å². The van der Waals surface area contributed by atoms with Crippen LogP contribution in [0.5, 0.6) is 0 Å². The Kier molecular flexibility index (Phi) is 4.65. The van der Waals surface area contributed by atoms with Crippen LogP contribution in [0.3, 0.4) is 0 Å². The first-order valence-corrected chi connectivity index (χ1v) is 6.17. The van der Waals surface area contributed by atoms with Crippen LogP contribution < -0.4 is 5.69 Å². The molecule has 0 aliphatic rings. The van der Waals surface area contributed by atoms with Gasteiger partial charge in [0.1, 0.15) is 6.54 Å². The van der Waals surface area contributed by atoms with Gasteiger partial charge in [0.2, 0.25) is 5.91 Å². The van der Waals surface area contributed by atoms with Gasteiger partial charge >= 0.3 is 11.7 Å². The normalized spacial score (nSPS) is 12.1. The lowest BCUT2D eigenvalue weighted by atomic mass is 9.98. The number of aliphatic carboxylic acids is 1. The minimum atomic E-state index is -0.998. The van der Waals surface area contributed by atoms with E-state index in [4.69, 9.17) is 5.11 Å².